The van der Waals surface area contributed by atoms with Crippen LogP contribution in [0.25, 0.3) is 0 Å². The first-order chi connectivity index (χ1) is 9.79. The molecule has 0 bridgehead atoms. The maximum atomic E-state index is 13.0. The van der Waals surface area contributed by atoms with Gasteiger partial charge in [0.1, 0.15) is 11.9 Å². The summed E-state index contributed by atoms with van der Waals surface area (Å²) < 4.78 is 13.0. The number of nitrogens with two attached hydrogens (primary N) is 1. The molecular formula is C13H16FN3O4. The average molecular weight is 297 g/mol. The van der Waals surface area contributed by atoms with E-state index < -0.39 is 36.2 Å². The zero-order chi connectivity index (χ0) is 16.0. The number of nitrogens with one attached hydrogen (secondary N) is 1. The monoisotopic (exact) mass is 297 g/mol. The van der Waals surface area contributed by atoms with E-state index in [9.17, 15) is 18.8 Å². The molecule has 21 heavy (non-hydrogen) atoms. The zero-order valence-electron chi connectivity index (χ0n) is 11.4. The minimum absolute atomic E-state index is 0.0898. The molecule has 1 aromatic carbocycles. The molecule has 0 radical (unpaired) electrons. The predicted octanol–water partition coefficient (Wildman–Crippen LogP) is 0.296. The van der Waals surface area contributed by atoms with Crippen molar-refractivity contribution in [1.29, 1.82) is 0 Å². The van der Waals surface area contributed by atoms with E-state index in [2.05, 4.69) is 5.32 Å². The van der Waals surface area contributed by atoms with Gasteiger partial charge in [-0.25, -0.2) is 14.0 Å². The maximum absolute atomic E-state index is 13.0. The zero-order valence-corrected chi connectivity index (χ0v) is 11.4. The van der Waals surface area contributed by atoms with Crippen molar-refractivity contribution in [2.24, 2.45) is 5.73 Å². The molecule has 0 saturated carbocycles. The van der Waals surface area contributed by atoms with Gasteiger partial charge in [0.2, 0.25) is 5.91 Å². The molecule has 0 saturated heterocycles. The van der Waals surface area contributed by atoms with Crippen LogP contribution < -0.4 is 11.1 Å². The van der Waals surface area contributed by atoms with Crippen molar-refractivity contribution >= 4 is 17.9 Å². The number of hydrogen-bond donors (Lipinski definition) is 3. The fourth-order valence-electron chi connectivity index (χ4n) is 1.64. The summed E-state index contributed by atoms with van der Waals surface area (Å²) in [6.45, 7) is 0.0898. The van der Waals surface area contributed by atoms with E-state index in [1.54, 1.807) is 6.07 Å². The molecular weight excluding hydrogens is 281 g/mol. The van der Waals surface area contributed by atoms with E-state index in [4.69, 9.17) is 10.8 Å². The van der Waals surface area contributed by atoms with Crippen molar-refractivity contribution in [2.45, 2.75) is 19.0 Å². The number of benzene rings is 1. The highest BCUT2D eigenvalue weighted by molar-refractivity contribution is 5.87. The SMILES string of the molecule is CN(Cc1cccc(F)c1)C(=O)N[C@H](CC(N)=O)C(=O)O. The molecule has 0 unspecified atom stereocenters. The number of halogens is 1. The van der Waals surface area contributed by atoms with Crippen molar-refractivity contribution in [3.63, 3.8) is 0 Å². The third-order valence-corrected chi connectivity index (χ3v) is 2.66. The number of aliphatic carboxylic acids is 1. The lowest BCUT2D eigenvalue weighted by molar-refractivity contribution is -0.140. The second-order valence-corrected chi connectivity index (χ2v) is 4.50. The Morgan fingerprint density at radius 2 is 2.10 bits per heavy atom. The van der Waals surface area contributed by atoms with Gasteiger partial charge >= 0.3 is 12.0 Å². The highest BCUT2D eigenvalue weighted by atomic mass is 19.1. The van der Waals surface area contributed by atoms with Gasteiger partial charge in [-0.3, -0.25) is 4.79 Å². The van der Waals surface area contributed by atoms with Crippen molar-refractivity contribution in [3.8, 4) is 0 Å². The number of carboxylic acids is 1. The third kappa shape index (κ3) is 5.47. The Kier molecular flexibility index (Phi) is 5.65. The summed E-state index contributed by atoms with van der Waals surface area (Å²) >= 11 is 0. The van der Waals surface area contributed by atoms with Crippen molar-refractivity contribution < 1.29 is 23.9 Å². The van der Waals surface area contributed by atoms with Gasteiger partial charge < -0.3 is 21.1 Å². The topological polar surface area (TPSA) is 113 Å². The van der Waals surface area contributed by atoms with Gasteiger partial charge in [0, 0.05) is 13.6 Å². The number of carbonyl (C=O) groups is 3. The van der Waals surface area contributed by atoms with E-state index in [-0.39, 0.29) is 6.54 Å². The number of rotatable bonds is 6. The van der Waals surface area contributed by atoms with Crippen LogP contribution in [-0.2, 0) is 16.1 Å². The summed E-state index contributed by atoms with van der Waals surface area (Å²) in [6.07, 6.45) is -0.505. The molecule has 0 aliphatic carbocycles. The molecule has 0 spiro atoms. The Balaban J connectivity index is 2.64. The second kappa shape index (κ2) is 7.22. The minimum atomic E-state index is -1.40. The molecule has 0 heterocycles. The lowest BCUT2D eigenvalue weighted by atomic mass is 10.2. The molecule has 7 nitrogen and oxygen atoms in total. The van der Waals surface area contributed by atoms with E-state index in [1.807, 2.05) is 0 Å². The van der Waals surface area contributed by atoms with Gasteiger partial charge in [0.25, 0.3) is 0 Å². The molecule has 0 aliphatic rings. The Morgan fingerprint density at radius 3 is 2.62 bits per heavy atom. The van der Waals surface area contributed by atoms with Gasteiger partial charge in [-0.2, -0.15) is 0 Å². The molecule has 3 amide bonds. The molecule has 8 heteroatoms. The number of hydrogen-bond acceptors (Lipinski definition) is 3. The summed E-state index contributed by atoms with van der Waals surface area (Å²) in [4.78, 5) is 34.7. The normalized spacial score (nSPS) is 11.5. The summed E-state index contributed by atoms with van der Waals surface area (Å²) in [5, 5.41) is 11.1. The van der Waals surface area contributed by atoms with Gasteiger partial charge in [-0.1, -0.05) is 12.1 Å². The van der Waals surface area contributed by atoms with Crippen molar-refractivity contribution in [1.82, 2.24) is 10.2 Å². The Bertz CT molecular complexity index is 550. The lowest BCUT2D eigenvalue weighted by Gasteiger charge is -2.21. The van der Waals surface area contributed by atoms with Crippen LogP contribution in [0.2, 0.25) is 0 Å². The number of primary amides is 1. The second-order valence-electron chi connectivity index (χ2n) is 4.50. The number of nitrogens with zero attached hydrogens (tertiary/aromatic N) is 1. The lowest BCUT2D eigenvalue weighted by Crippen LogP contribution is -2.48. The van der Waals surface area contributed by atoms with Crippen LogP contribution in [0.15, 0.2) is 24.3 Å². The number of amides is 3. The first-order valence-electron chi connectivity index (χ1n) is 6.06. The molecule has 0 fully saturated rings. The van der Waals surface area contributed by atoms with E-state index in [1.165, 1.54) is 30.1 Å². The predicted molar refractivity (Wildman–Crippen MR) is 71.6 cm³/mol. The van der Waals surface area contributed by atoms with Crippen LogP contribution >= 0.6 is 0 Å². The molecule has 114 valence electrons. The number of urea groups is 1. The van der Waals surface area contributed by atoms with Gasteiger partial charge in [-0.05, 0) is 17.7 Å². The third-order valence-electron chi connectivity index (χ3n) is 2.66. The van der Waals surface area contributed by atoms with Crippen LogP contribution in [0.3, 0.4) is 0 Å². The van der Waals surface area contributed by atoms with E-state index in [0.717, 1.165) is 0 Å². The van der Waals surface area contributed by atoms with Crippen LogP contribution in [0, 0.1) is 5.82 Å². The fourth-order valence-corrected chi connectivity index (χ4v) is 1.64. The largest absolute Gasteiger partial charge is 0.480 e. The molecule has 0 aliphatic heterocycles. The van der Waals surface area contributed by atoms with Gasteiger partial charge in [0.15, 0.2) is 0 Å². The maximum Gasteiger partial charge on any atom is 0.326 e. The highest BCUT2D eigenvalue weighted by Crippen LogP contribution is 2.06. The molecule has 1 aromatic rings. The molecule has 1 rings (SSSR count). The van der Waals surface area contributed by atoms with Crippen molar-refractivity contribution in [3.05, 3.63) is 35.6 Å². The summed E-state index contributed by atoms with van der Waals surface area (Å²) in [5.74, 6) is -2.63. The van der Waals surface area contributed by atoms with Crippen LogP contribution in [0.5, 0.6) is 0 Å². The first kappa shape index (κ1) is 16.4. The number of carboxylic acid groups (broad SMARTS) is 1. The Hall–Kier alpha value is -2.64. The van der Waals surface area contributed by atoms with Crippen LogP contribution in [0.4, 0.5) is 9.18 Å². The molecule has 0 aromatic heterocycles. The quantitative estimate of drug-likeness (QED) is 0.700. The summed E-state index contributed by atoms with van der Waals surface area (Å²) in [7, 11) is 1.42. The minimum Gasteiger partial charge on any atom is -0.480 e. The fraction of sp³-hybridized carbons (Fsp3) is 0.308. The number of carbonyl (C=O) groups excluding carboxylic acids is 2. The van der Waals surface area contributed by atoms with Crippen LogP contribution in [-0.4, -0.2) is 41.0 Å². The van der Waals surface area contributed by atoms with Crippen LogP contribution in [0.1, 0.15) is 12.0 Å². The molecule has 1 atom stereocenters. The Morgan fingerprint density at radius 1 is 1.43 bits per heavy atom. The van der Waals surface area contributed by atoms with Gasteiger partial charge in [0.05, 0.1) is 6.42 Å². The summed E-state index contributed by atoms with van der Waals surface area (Å²) in [6, 6.07) is 3.57. The summed E-state index contributed by atoms with van der Waals surface area (Å²) in [5.41, 5.74) is 5.46. The Labute approximate surface area is 120 Å². The smallest absolute Gasteiger partial charge is 0.326 e. The average Bonchev–Trinajstić information content (AvgIpc) is 2.37. The first-order valence-corrected chi connectivity index (χ1v) is 6.06. The molecule has 4 N–H and O–H groups in total. The van der Waals surface area contributed by atoms with E-state index in [0.29, 0.717) is 5.56 Å². The van der Waals surface area contributed by atoms with Crippen molar-refractivity contribution in [2.75, 3.05) is 7.05 Å². The highest BCUT2D eigenvalue weighted by Gasteiger charge is 2.23. The van der Waals surface area contributed by atoms with E-state index >= 15 is 0 Å². The van der Waals surface area contributed by atoms with Gasteiger partial charge in [-0.15, -0.1) is 0 Å². The standard InChI is InChI=1S/C13H16FN3O4/c1-17(7-8-3-2-4-9(14)5-8)13(21)16-10(12(19)20)6-11(15)18/h2-5,10H,6-7H2,1H3,(H2,15,18)(H,16,21)(H,19,20)/t10-/m1/s1.